The number of methoxy groups -OCH3 is 2. The van der Waals surface area contributed by atoms with Gasteiger partial charge in [-0.15, -0.1) is 0 Å². The zero-order chi connectivity index (χ0) is 71.7. The second kappa shape index (κ2) is 39.2. The number of hydrogen-bond acceptors (Lipinski definition) is 15. The first-order valence-corrected chi connectivity index (χ1v) is 33.1. The average Bonchev–Trinajstić information content (AvgIpc) is 1.57. The highest BCUT2D eigenvalue weighted by Crippen LogP contribution is 2.31. The Kier molecular flexibility index (Phi) is 32.8. The number of urea groups is 1. The first-order valence-electron chi connectivity index (χ1n) is 33.1. The highest BCUT2D eigenvalue weighted by molar-refractivity contribution is 6.12. The van der Waals surface area contributed by atoms with Gasteiger partial charge in [-0.05, 0) is 106 Å². The third kappa shape index (κ3) is 23.9. The maximum Gasteiger partial charge on any atom is 0.407 e. The van der Waals surface area contributed by atoms with E-state index in [4.69, 9.17) is 19.9 Å². The van der Waals surface area contributed by atoms with Crippen molar-refractivity contribution >= 4 is 71.0 Å². The summed E-state index contributed by atoms with van der Waals surface area (Å²) in [5.74, 6) is -7.48. The summed E-state index contributed by atoms with van der Waals surface area (Å²) < 4.78 is 46.9. The maximum absolute atomic E-state index is 15.0. The molecule has 0 radical (unpaired) electrons. The van der Waals surface area contributed by atoms with Crippen molar-refractivity contribution in [3.8, 4) is 0 Å². The van der Waals surface area contributed by atoms with Crippen LogP contribution in [0.25, 0.3) is 0 Å². The fourth-order valence-electron chi connectivity index (χ4n) is 12.3. The van der Waals surface area contributed by atoms with E-state index in [1.807, 2.05) is 41.5 Å². The molecule has 2 aliphatic rings. The lowest BCUT2D eigenvalue weighted by Crippen LogP contribution is -2.59. The number of nitrogens with one attached hydrogen (secondary N) is 7. The maximum atomic E-state index is 15.0. The number of carbonyl (C=O) groups excluding carboxylic acids is 11. The van der Waals surface area contributed by atoms with Crippen LogP contribution in [0, 0.1) is 41.2 Å². The van der Waals surface area contributed by atoms with Gasteiger partial charge < -0.3 is 67.0 Å². The van der Waals surface area contributed by atoms with E-state index in [0.29, 0.717) is 36.9 Å². The molecule has 11 atom stereocenters. The van der Waals surface area contributed by atoms with E-state index in [-0.39, 0.29) is 118 Å². The minimum atomic E-state index is -1.14. The number of halogens is 2. The molecule has 1 saturated heterocycles. The number of nitrogens with zero attached hydrogens (tertiary/aromatic N) is 4. The van der Waals surface area contributed by atoms with Crippen molar-refractivity contribution in [2.24, 2.45) is 35.3 Å². The number of hydrogen-bond donors (Lipinski definition) is 8. The fraction of sp³-hybridized carbons (Fsp3) is 0.632. The molecule has 0 bridgehead atoms. The number of nitrogens with two attached hydrogens (primary N) is 1. The van der Waals surface area contributed by atoms with Crippen molar-refractivity contribution in [3.63, 3.8) is 0 Å². The van der Waals surface area contributed by atoms with Gasteiger partial charge in [0, 0.05) is 77.3 Å². The molecule has 0 aliphatic carbocycles. The highest BCUT2D eigenvalue weighted by Gasteiger charge is 2.46. The second-order valence-electron chi connectivity index (χ2n) is 26.1. The molecule has 2 aliphatic heterocycles. The molecule has 9 N–H and O–H groups in total. The van der Waals surface area contributed by atoms with Crippen LogP contribution in [0.1, 0.15) is 131 Å². The van der Waals surface area contributed by atoms with E-state index in [0.717, 1.165) is 17.0 Å². The van der Waals surface area contributed by atoms with Gasteiger partial charge in [-0.1, -0.05) is 93.4 Å². The third-order valence-corrected chi connectivity index (χ3v) is 17.7. The van der Waals surface area contributed by atoms with Crippen LogP contribution >= 0.6 is 0 Å². The van der Waals surface area contributed by atoms with Gasteiger partial charge in [0.25, 0.3) is 11.8 Å². The van der Waals surface area contributed by atoms with Crippen molar-refractivity contribution in [1.29, 1.82) is 0 Å². The lowest BCUT2D eigenvalue weighted by Gasteiger charge is -2.41. The summed E-state index contributed by atoms with van der Waals surface area (Å²) in [5.41, 5.74) is 5.88. The van der Waals surface area contributed by atoms with Gasteiger partial charge in [0.15, 0.2) is 0 Å². The summed E-state index contributed by atoms with van der Waals surface area (Å²) in [6.45, 7) is 16.4. The van der Waals surface area contributed by atoms with Gasteiger partial charge in [0.2, 0.25) is 41.4 Å². The van der Waals surface area contributed by atoms with E-state index >= 15 is 4.79 Å². The predicted octanol–water partition coefficient (Wildman–Crippen LogP) is 4.67. The van der Waals surface area contributed by atoms with E-state index in [9.17, 15) is 56.7 Å². The fourth-order valence-corrected chi connectivity index (χ4v) is 12.3. The number of primary amides is 1. The lowest BCUT2D eigenvalue weighted by atomic mass is 9.89. The Morgan fingerprint density at radius 1 is 0.719 bits per heavy atom. The smallest absolute Gasteiger partial charge is 0.407 e. The molecule has 2 aromatic carbocycles. The monoisotopic (exact) mass is 1350 g/mol. The topological polar surface area (TPSA) is 339 Å². The molecule has 26 nitrogen and oxygen atoms in total. The first kappa shape index (κ1) is 80.3. The Morgan fingerprint density at radius 2 is 1.35 bits per heavy atom. The number of rotatable bonds is 39. The largest absolute Gasteiger partial charge is 0.445 e. The molecule has 12 amide bonds. The van der Waals surface area contributed by atoms with Crippen LogP contribution in [0.3, 0.4) is 0 Å². The van der Waals surface area contributed by atoms with Gasteiger partial charge in [0.05, 0.1) is 48.7 Å². The normalized spacial score (nSPS) is 17.5. The van der Waals surface area contributed by atoms with Crippen LogP contribution in [0.4, 0.5) is 24.1 Å². The summed E-state index contributed by atoms with van der Waals surface area (Å²) in [6.07, 6.45) is 1.80. The van der Waals surface area contributed by atoms with Crippen LogP contribution in [-0.2, 0) is 70.4 Å². The van der Waals surface area contributed by atoms with Crippen LogP contribution in [0.5, 0.6) is 0 Å². The molecule has 0 aromatic heterocycles. The first-order chi connectivity index (χ1) is 45.3. The zero-order valence-electron chi connectivity index (χ0n) is 58.2. The summed E-state index contributed by atoms with van der Waals surface area (Å²) in [6, 6.07) is 3.19. The molecule has 28 heteroatoms. The van der Waals surface area contributed by atoms with Gasteiger partial charge in [-0.2, -0.15) is 0 Å². The van der Waals surface area contributed by atoms with E-state index in [1.54, 1.807) is 76.0 Å². The van der Waals surface area contributed by atoms with Crippen molar-refractivity contribution in [1.82, 2.24) is 51.5 Å². The van der Waals surface area contributed by atoms with Crippen molar-refractivity contribution in [3.05, 3.63) is 77.4 Å². The number of benzene rings is 2. The Labute approximate surface area is 563 Å². The third-order valence-electron chi connectivity index (χ3n) is 17.7. The number of unbranched alkanes of at least 4 members (excludes halogenated alkanes) is 2. The number of anilines is 1. The van der Waals surface area contributed by atoms with Crippen LogP contribution < -0.4 is 43.0 Å². The molecule has 0 unspecified atom stereocenters. The van der Waals surface area contributed by atoms with Gasteiger partial charge in [-0.25, -0.2) is 18.4 Å². The van der Waals surface area contributed by atoms with Crippen LogP contribution in [-0.4, -0.2) is 201 Å². The number of likely N-dealkylation sites (tertiary alicyclic amines) is 1. The van der Waals surface area contributed by atoms with Gasteiger partial charge in [-0.3, -0.25) is 53.0 Å². The number of alkyl carbamates (subject to hydrolysis) is 1. The summed E-state index contributed by atoms with van der Waals surface area (Å²) in [7, 11) is 8.07. The molecular formula is C68H104F2N12O14. The van der Waals surface area contributed by atoms with Crippen molar-refractivity contribution in [2.45, 2.75) is 188 Å². The van der Waals surface area contributed by atoms with E-state index in [2.05, 4.69) is 37.2 Å². The number of carbonyl (C=O) groups is 11. The lowest BCUT2D eigenvalue weighted by molar-refractivity contribution is -0.148. The SMILES string of the molecule is CC[C@H](C)[C@@H]([C@@H](CC(=O)N1C[C@@H](NC(=O)OCc2ccc(NC(=O)[C@H](CCCNC(N)=O)NC(=O)[C@@H](NC(=O)CCCCCN3C(=O)C=CC3=O)C(C)C)cc2)C[C@H]1[C@H](OC)[C@@H](C)C(=O)NCCc1c(F)cccc1F)OC)N(C)C(=O)[C@@H](NC(=O)[C@H](C(C)C)N(C)C)C(C)C. The van der Waals surface area contributed by atoms with E-state index in [1.165, 1.54) is 37.3 Å². The molecule has 0 saturated carbocycles. The predicted molar refractivity (Wildman–Crippen MR) is 356 cm³/mol. The molecule has 2 aromatic rings. The summed E-state index contributed by atoms with van der Waals surface area (Å²) in [5, 5.41) is 19.3. The van der Waals surface area contributed by atoms with Crippen molar-refractivity contribution < 1.29 is 75.7 Å². The van der Waals surface area contributed by atoms with Crippen molar-refractivity contribution in [2.75, 3.05) is 66.9 Å². The Hall–Kier alpha value is -8.11. The zero-order valence-corrected chi connectivity index (χ0v) is 58.2. The minimum absolute atomic E-state index is 0.0577. The standard InChI is InChI=1S/C68H104F2N12O14/c1-15-42(8)60(80(12)66(91)58(40(4)5)78-65(90)59(41(6)7)79(10)11)52(94-13)36-56(86)82-37-46(35-51(82)61(95-14)43(9)62(87)72-33-31-47-48(69)21-19-22-49(47)70)75-68(93)96-38-44-25-27-45(28-26-44)74-63(88)50(23-20-32-73-67(71)92)76-64(89)57(39(2)3)77-53(83)24-17-16-18-34-81-54(84)29-30-55(81)85/h19,21-22,25-30,39-43,46,50-52,57-61H,15-18,20,23-24,31-38H2,1-14H3,(H,72,87)(H,74,88)(H,75,93)(H,76,89)(H,77,83)(H,78,90)(H3,71,73,92)/t42-,43+,46-,50-,51-,52+,57-,58-,59-,60-,61+/m0/s1. The highest BCUT2D eigenvalue weighted by atomic mass is 19.1. The summed E-state index contributed by atoms with van der Waals surface area (Å²) >= 11 is 0. The number of amides is 12. The van der Waals surface area contributed by atoms with Gasteiger partial charge in [0.1, 0.15) is 36.4 Å². The minimum Gasteiger partial charge on any atom is -0.445 e. The Balaban J connectivity index is 1.49. The molecule has 96 heavy (non-hydrogen) atoms. The Morgan fingerprint density at radius 3 is 1.92 bits per heavy atom. The Bertz CT molecular complexity index is 2960. The second-order valence-corrected chi connectivity index (χ2v) is 26.1. The molecule has 4 rings (SSSR count). The molecule has 0 spiro atoms. The molecule has 2 heterocycles. The van der Waals surface area contributed by atoms with Crippen LogP contribution in [0.15, 0.2) is 54.6 Å². The number of likely N-dealkylation sites (N-methyl/N-ethyl adjacent to an activating group) is 2. The average molecular weight is 1350 g/mol. The van der Waals surface area contributed by atoms with E-state index < -0.39 is 120 Å². The molecular weight excluding hydrogens is 1250 g/mol. The summed E-state index contributed by atoms with van der Waals surface area (Å²) in [4.78, 5) is 153. The molecule has 1 fully saturated rings. The van der Waals surface area contributed by atoms with Crippen LogP contribution in [0.2, 0.25) is 0 Å². The van der Waals surface area contributed by atoms with Gasteiger partial charge >= 0.3 is 12.1 Å². The number of imide groups is 1. The number of ether oxygens (including phenoxy) is 3. The quantitative estimate of drug-likeness (QED) is 0.0333. The molecule has 534 valence electrons.